The predicted molar refractivity (Wildman–Crippen MR) is 131 cm³/mol. The molecule has 7 nitrogen and oxygen atoms in total. The Morgan fingerprint density at radius 2 is 1.87 bits per heavy atom. The van der Waals surface area contributed by atoms with Crippen LogP contribution in [0.25, 0.3) is 21.9 Å². The van der Waals surface area contributed by atoms with E-state index in [-0.39, 0.29) is 6.47 Å². The number of imidazole rings is 1. The highest BCUT2D eigenvalue weighted by Crippen LogP contribution is 2.31. The quantitative estimate of drug-likeness (QED) is 0.321. The van der Waals surface area contributed by atoms with Gasteiger partial charge < -0.3 is 20.7 Å². The maximum absolute atomic E-state index is 8.36. The average molecular weight is 430 g/mol. The molecule has 172 valence electrons. The van der Waals surface area contributed by atoms with Crippen molar-refractivity contribution in [3.05, 3.63) is 29.6 Å². The van der Waals surface area contributed by atoms with E-state index in [0.717, 1.165) is 62.0 Å². The Labute approximate surface area is 186 Å². The molecule has 0 aliphatic rings. The third kappa shape index (κ3) is 6.92. The molecule has 2 aromatic heterocycles. The zero-order valence-corrected chi connectivity index (χ0v) is 19.7. The summed E-state index contributed by atoms with van der Waals surface area (Å²) in [5.74, 6) is 2.05. The van der Waals surface area contributed by atoms with Crippen LogP contribution in [-0.2, 0) is 17.8 Å². The number of fused-ring (bicyclic) bond motifs is 3. The van der Waals surface area contributed by atoms with Gasteiger partial charge in [0.2, 0.25) is 0 Å². The van der Waals surface area contributed by atoms with E-state index < -0.39 is 0 Å². The Morgan fingerprint density at radius 3 is 2.48 bits per heavy atom. The van der Waals surface area contributed by atoms with E-state index in [9.17, 15) is 0 Å². The molecule has 0 aliphatic carbocycles. The summed E-state index contributed by atoms with van der Waals surface area (Å²) < 4.78 is 2.43. The smallest absolute Gasteiger partial charge is 0.290 e. The molecule has 31 heavy (non-hydrogen) atoms. The van der Waals surface area contributed by atoms with Crippen molar-refractivity contribution in [2.75, 3.05) is 18.9 Å². The van der Waals surface area contributed by atoms with Crippen LogP contribution in [0.1, 0.15) is 64.3 Å². The first-order valence-corrected chi connectivity index (χ1v) is 11.4. The van der Waals surface area contributed by atoms with E-state index >= 15 is 0 Å². The van der Waals surface area contributed by atoms with Gasteiger partial charge in [-0.05, 0) is 44.4 Å². The largest absolute Gasteiger partial charge is 0.483 e. The second-order valence-corrected chi connectivity index (χ2v) is 7.17. The van der Waals surface area contributed by atoms with Gasteiger partial charge >= 0.3 is 0 Å². The van der Waals surface area contributed by atoms with Crippen LogP contribution in [0.5, 0.6) is 0 Å². The molecule has 3 rings (SSSR count). The lowest BCUT2D eigenvalue weighted by Crippen LogP contribution is -2.06. The predicted octanol–water partition coefficient (Wildman–Crippen LogP) is 5.13. The number of nitrogens with two attached hydrogens (primary N) is 1. The Morgan fingerprint density at radius 1 is 1.16 bits per heavy atom. The number of pyridine rings is 1. The van der Waals surface area contributed by atoms with Crippen molar-refractivity contribution in [2.24, 2.45) is 5.73 Å². The van der Waals surface area contributed by atoms with Gasteiger partial charge in [0.1, 0.15) is 11.3 Å². The molecule has 0 fully saturated rings. The highest BCUT2D eigenvalue weighted by atomic mass is 16.3. The first kappa shape index (κ1) is 26.4. The Balaban J connectivity index is 0.000000884. The third-order valence-electron chi connectivity index (χ3n) is 4.99. The molecule has 0 saturated heterocycles. The number of benzene rings is 1. The van der Waals surface area contributed by atoms with Crippen LogP contribution < -0.4 is 11.1 Å². The molecular weight excluding hydrogens is 390 g/mol. The van der Waals surface area contributed by atoms with Gasteiger partial charge in [-0.1, -0.05) is 45.7 Å². The number of carboxylic acid groups (broad SMARTS) is 1. The Kier molecular flexibility index (Phi) is 12.2. The van der Waals surface area contributed by atoms with Crippen LogP contribution in [0.15, 0.2) is 18.2 Å². The number of aryl methyl sites for hydroxylation is 3. The summed E-state index contributed by atoms with van der Waals surface area (Å²) >= 11 is 0. The van der Waals surface area contributed by atoms with Crippen LogP contribution in [0.2, 0.25) is 0 Å². The molecule has 0 radical (unpaired) electrons. The average Bonchev–Trinajstić information content (AvgIpc) is 3.15. The number of aromatic nitrogens is 3. The number of hydrogen-bond donors (Lipinski definition) is 3. The summed E-state index contributed by atoms with van der Waals surface area (Å²) in [6, 6.07) is 6.52. The van der Waals surface area contributed by atoms with Gasteiger partial charge in [0, 0.05) is 25.4 Å². The number of unbranched alkanes of at least 4 members (excludes halogenated alkanes) is 3. The van der Waals surface area contributed by atoms with Gasteiger partial charge in [0.15, 0.2) is 5.82 Å². The van der Waals surface area contributed by atoms with Crippen LogP contribution in [0.4, 0.5) is 5.82 Å². The molecule has 0 atom stereocenters. The van der Waals surface area contributed by atoms with Crippen LogP contribution in [-0.4, -0.2) is 39.7 Å². The van der Waals surface area contributed by atoms with Gasteiger partial charge in [-0.25, -0.2) is 9.97 Å². The maximum atomic E-state index is 8.36. The van der Waals surface area contributed by atoms with Crippen molar-refractivity contribution in [1.29, 1.82) is 0 Å². The van der Waals surface area contributed by atoms with Crippen molar-refractivity contribution >= 4 is 34.2 Å². The fraction of sp³-hybridized carbons (Fsp3) is 0.542. The van der Waals surface area contributed by atoms with Crippen molar-refractivity contribution in [1.82, 2.24) is 14.5 Å². The number of nitrogens with zero attached hydrogens (tertiary/aromatic N) is 3. The molecular formula is C24H39N5O2. The van der Waals surface area contributed by atoms with Gasteiger partial charge in [-0.2, -0.15) is 0 Å². The molecule has 0 unspecified atom stereocenters. The highest BCUT2D eigenvalue weighted by Gasteiger charge is 2.17. The minimum Gasteiger partial charge on any atom is -0.483 e. The first-order chi connectivity index (χ1) is 15.1. The fourth-order valence-electron chi connectivity index (χ4n) is 3.58. The number of nitrogens with one attached hydrogen (secondary N) is 1. The van der Waals surface area contributed by atoms with Gasteiger partial charge in [-0.15, -0.1) is 0 Å². The molecule has 3 aromatic rings. The molecule has 2 heterocycles. The monoisotopic (exact) mass is 429 g/mol. The van der Waals surface area contributed by atoms with Crippen LogP contribution in [0, 0.1) is 6.92 Å². The first-order valence-electron chi connectivity index (χ1n) is 11.4. The summed E-state index contributed by atoms with van der Waals surface area (Å²) in [6.45, 7) is 9.85. The van der Waals surface area contributed by atoms with Crippen molar-refractivity contribution in [3.8, 4) is 0 Å². The number of rotatable bonds is 9. The number of hydrogen-bond acceptors (Lipinski definition) is 5. The summed E-state index contributed by atoms with van der Waals surface area (Å²) in [5, 5.41) is 11.3. The van der Waals surface area contributed by atoms with E-state index in [1.54, 1.807) is 0 Å². The highest BCUT2D eigenvalue weighted by molar-refractivity contribution is 6.07. The van der Waals surface area contributed by atoms with E-state index in [2.05, 4.69) is 41.9 Å². The van der Waals surface area contributed by atoms with E-state index in [1.165, 1.54) is 28.7 Å². The van der Waals surface area contributed by atoms with E-state index in [0.29, 0.717) is 0 Å². The maximum Gasteiger partial charge on any atom is 0.290 e. The lowest BCUT2D eigenvalue weighted by molar-refractivity contribution is -0.122. The van der Waals surface area contributed by atoms with Gasteiger partial charge in [-0.3, -0.25) is 4.79 Å². The SMILES string of the molecule is CC.CCCCc1nc2c(NC)nc3cc(C)ccc3c2n1CCCCCN.O=CO. The zero-order valence-electron chi connectivity index (χ0n) is 19.7. The van der Waals surface area contributed by atoms with E-state index in [4.69, 9.17) is 25.6 Å². The number of anilines is 1. The topological polar surface area (TPSA) is 106 Å². The summed E-state index contributed by atoms with van der Waals surface area (Å²) in [6.07, 6.45) is 6.72. The second-order valence-electron chi connectivity index (χ2n) is 7.17. The molecule has 0 amide bonds. The summed E-state index contributed by atoms with van der Waals surface area (Å²) in [7, 11) is 1.93. The lowest BCUT2D eigenvalue weighted by atomic mass is 10.1. The second kappa shape index (κ2) is 14.4. The lowest BCUT2D eigenvalue weighted by Gasteiger charge is -2.11. The normalized spacial score (nSPS) is 10.3. The Hall–Kier alpha value is -2.67. The minimum atomic E-state index is -0.250. The molecule has 0 bridgehead atoms. The van der Waals surface area contributed by atoms with Crippen LogP contribution in [0.3, 0.4) is 0 Å². The third-order valence-corrected chi connectivity index (χ3v) is 4.99. The zero-order chi connectivity index (χ0) is 23.2. The summed E-state index contributed by atoms with van der Waals surface area (Å²) in [4.78, 5) is 18.2. The summed E-state index contributed by atoms with van der Waals surface area (Å²) in [5.41, 5.74) is 10.1. The molecule has 0 spiro atoms. The van der Waals surface area contributed by atoms with Crippen molar-refractivity contribution in [3.63, 3.8) is 0 Å². The molecule has 0 aliphatic heterocycles. The molecule has 4 N–H and O–H groups in total. The van der Waals surface area contributed by atoms with Crippen molar-refractivity contribution in [2.45, 2.75) is 72.8 Å². The number of carbonyl (C=O) groups is 1. The van der Waals surface area contributed by atoms with Gasteiger partial charge in [0.25, 0.3) is 6.47 Å². The standard InChI is InChI=1S/C21H31N5.C2H6.CH2O2/c1-4-5-9-18-25-19-20(26(18)13-8-6-7-12-22)16-11-10-15(2)14-17(16)24-21(19)23-3;1-2;2-1-3/h10-11,14H,4-9,12-13,22H2,1-3H3,(H,23,24);1-2H3;1H,(H,2,3). The molecule has 7 heteroatoms. The van der Waals surface area contributed by atoms with Crippen molar-refractivity contribution < 1.29 is 9.90 Å². The molecule has 1 aromatic carbocycles. The molecule has 0 saturated carbocycles. The Bertz CT molecular complexity index is 937. The van der Waals surface area contributed by atoms with E-state index in [1.807, 2.05) is 20.9 Å². The van der Waals surface area contributed by atoms with Crippen LogP contribution >= 0.6 is 0 Å². The fourth-order valence-corrected chi connectivity index (χ4v) is 3.58. The minimum absolute atomic E-state index is 0.250. The van der Waals surface area contributed by atoms with Gasteiger partial charge in [0.05, 0.1) is 11.0 Å².